The zero-order valence-corrected chi connectivity index (χ0v) is 12.8. The number of aryl methyl sites for hydroxylation is 1. The molecule has 0 amide bonds. The third kappa shape index (κ3) is 2.78. The topological polar surface area (TPSA) is 50.3 Å². The van der Waals surface area contributed by atoms with E-state index in [-0.39, 0.29) is 10.0 Å². The number of para-hydroxylation sites is 1. The molecule has 20 heavy (non-hydrogen) atoms. The average molecular weight is 311 g/mol. The van der Waals surface area contributed by atoms with Crippen LogP contribution >= 0.6 is 11.6 Å². The number of anilines is 1. The van der Waals surface area contributed by atoms with E-state index < -0.39 is 10.0 Å². The first-order valence-electron chi connectivity index (χ1n) is 6.16. The summed E-state index contributed by atoms with van der Waals surface area (Å²) >= 11 is 5.78. The summed E-state index contributed by atoms with van der Waals surface area (Å²) in [5, 5.41) is 0.159. The molecule has 2 rings (SSSR count). The molecule has 0 radical (unpaired) electrons. The zero-order chi connectivity index (χ0) is 14.8. The molecule has 0 bridgehead atoms. The van der Waals surface area contributed by atoms with Gasteiger partial charge < -0.3 is 0 Å². The molecule has 2 aromatic rings. The fourth-order valence-electron chi connectivity index (χ4n) is 1.99. The number of aromatic nitrogens is 1. The number of hydrogen-bond acceptors (Lipinski definition) is 3. The van der Waals surface area contributed by atoms with E-state index in [0.717, 1.165) is 5.56 Å². The van der Waals surface area contributed by atoms with E-state index in [1.165, 1.54) is 22.6 Å². The summed E-state index contributed by atoms with van der Waals surface area (Å²) in [7, 11) is -3.64. The van der Waals surface area contributed by atoms with E-state index in [1.807, 2.05) is 25.1 Å². The molecule has 4 nitrogen and oxygen atoms in total. The second-order valence-electron chi connectivity index (χ2n) is 4.27. The number of sulfonamides is 1. The van der Waals surface area contributed by atoms with Crippen LogP contribution in [0, 0.1) is 6.92 Å². The SMILES string of the molecule is CCN(c1ccccc1C)S(=O)(=O)c1ccnc(Cl)c1. The minimum atomic E-state index is -3.64. The minimum Gasteiger partial charge on any atom is -0.266 e. The van der Waals surface area contributed by atoms with Crippen LogP contribution < -0.4 is 4.31 Å². The molecule has 1 heterocycles. The van der Waals surface area contributed by atoms with Crippen LogP contribution in [-0.4, -0.2) is 19.9 Å². The first kappa shape index (κ1) is 14.8. The van der Waals surface area contributed by atoms with Crippen molar-refractivity contribution >= 4 is 27.3 Å². The van der Waals surface area contributed by atoms with Gasteiger partial charge in [-0.15, -0.1) is 0 Å². The standard InChI is InChI=1S/C14H15ClN2O2S/c1-3-17(13-7-5-4-6-11(13)2)20(18,19)12-8-9-16-14(15)10-12/h4-10H,3H2,1-2H3. The van der Waals surface area contributed by atoms with E-state index >= 15 is 0 Å². The number of pyridine rings is 1. The quantitative estimate of drug-likeness (QED) is 0.814. The maximum absolute atomic E-state index is 12.7. The Labute approximate surface area is 124 Å². The van der Waals surface area contributed by atoms with Crippen LogP contribution in [0.1, 0.15) is 12.5 Å². The summed E-state index contributed by atoms with van der Waals surface area (Å²) in [6.45, 7) is 4.02. The van der Waals surface area contributed by atoms with Crippen molar-refractivity contribution in [3.63, 3.8) is 0 Å². The lowest BCUT2D eigenvalue weighted by atomic mass is 10.2. The first-order valence-corrected chi connectivity index (χ1v) is 7.98. The molecule has 0 saturated carbocycles. The Morgan fingerprint density at radius 1 is 1.25 bits per heavy atom. The third-order valence-electron chi connectivity index (χ3n) is 2.96. The second kappa shape index (κ2) is 5.81. The van der Waals surface area contributed by atoms with Gasteiger partial charge in [-0.2, -0.15) is 0 Å². The molecule has 0 fully saturated rings. The molecular weight excluding hydrogens is 296 g/mol. The molecule has 0 spiro atoms. The predicted molar refractivity (Wildman–Crippen MR) is 80.6 cm³/mol. The van der Waals surface area contributed by atoms with E-state index in [0.29, 0.717) is 12.2 Å². The maximum Gasteiger partial charge on any atom is 0.264 e. The molecule has 0 saturated heterocycles. The van der Waals surface area contributed by atoms with Crippen molar-refractivity contribution in [3.8, 4) is 0 Å². The highest BCUT2D eigenvalue weighted by Crippen LogP contribution is 2.26. The van der Waals surface area contributed by atoms with Crippen LogP contribution in [0.25, 0.3) is 0 Å². The molecule has 0 aliphatic rings. The Bertz CT molecular complexity index is 717. The van der Waals surface area contributed by atoms with Crippen molar-refractivity contribution in [2.75, 3.05) is 10.8 Å². The van der Waals surface area contributed by atoms with Gasteiger partial charge in [-0.25, -0.2) is 13.4 Å². The zero-order valence-electron chi connectivity index (χ0n) is 11.2. The Kier molecular flexibility index (Phi) is 4.30. The Balaban J connectivity index is 2.54. The molecule has 0 aliphatic carbocycles. The number of halogens is 1. The summed E-state index contributed by atoms with van der Waals surface area (Å²) < 4.78 is 26.8. The van der Waals surface area contributed by atoms with Gasteiger partial charge in [-0.05, 0) is 37.6 Å². The summed E-state index contributed by atoms with van der Waals surface area (Å²) in [5.74, 6) is 0. The summed E-state index contributed by atoms with van der Waals surface area (Å²) in [6.07, 6.45) is 1.39. The Morgan fingerprint density at radius 2 is 1.95 bits per heavy atom. The van der Waals surface area contributed by atoms with Gasteiger partial charge in [0.25, 0.3) is 10.0 Å². The fourth-order valence-corrected chi connectivity index (χ4v) is 3.78. The van der Waals surface area contributed by atoms with Crippen LogP contribution in [0.4, 0.5) is 5.69 Å². The van der Waals surface area contributed by atoms with Crippen LogP contribution in [-0.2, 0) is 10.0 Å². The number of rotatable bonds is 4. The van der Waals surface area contributed by atoms with Crippen LogP contribution in [0.3, 0.4) is 0 Å². The van der Waals surface area contributed by atoms with E-state index in [1.54, 1.807) is 13.0 Å². The summed E-state index contributed by atoms with van der Waals surface area (Å²) in [5.41, 5.74) is 1.57. The lowest BCUT2D eigenvalue weighted by molar-refractivity contribution is 0.591. The molecule has 0 N–H and O–H groups in total. The van der Waals surface area contributed by atoms with Crippen molar-refractivity contribution in [3.05, 3.63) is 53.3 Å². The third-order valence-corrected chi connectivity index (χ3v) is 5.05. The van der Waals surface area contributed by atoms with Crippen LogP contribution in [0.15, 0.2) is 47.5 Å². The van der Waals surface area contributed by atoms with Crippen molar-refractivity contribution in [1.82, 2.24) is 4.98 Å². The molecule has 0 aliphatic heterocycles. The highest BCUT2D eigenvalue weighted by Gasteiger charge is 2.24. The smallest absolute Gasteiger partial charge is 0.264 e. The van der Waals surface area contributed by atoms with Gasteiger partial charge in [0, 0.05) is 12.7 Å². The van der Waals surface area contributed by atoms with Crippen molar-refractivity contribution in [2.45, 2.75) is 18.7 Å². The lowest BCUT2D eigenvalue weighted by Crippen LogP contribution is -2.31. The van der Waals surface area contributed by atoms with E-state index in [9.17, 15) is 8.42 Å². The van der Waals surface area contributed by atoms with Gasteiger partial charge in [0.1, 0.15) is 5.15 Å². The predicted octanol–water partition coefficient (Wildman–Crippen LogP) is 3.26. The molecular formula is C14H15ClN2O2S. The Hall–Kier alpha value is -1.59. The average Bonchev–Trinajstić information content (AvgIpc) is 2.41. The van der Waals surface area contributed by atoms with Gasteiger partial charge in [0.05, 0.1) is 10.6 Å². The van der Waals surface area contributed by atoms with Gasteiger partial charge in [0.2, 0.25) is 0 Å². The lowest BCUT2D eigenvalue weighted by Gasteiger charge is -2.24. The highest BCUT2D eigenvalue weighted by molar-refractivity contribution is 7.92. The number of hydrogen-bond donors (Lipinski definition) is 0. The summed E-state index contributed by atoms with van der Waals surface area (Å²) in [6, 6.07) is 10.2. The molecule has 0 unspecified atom stereocenters. The fraction of sp³-hybridized carbons (Fsp3) is 0.214. The molecule has 6 heteroatoms. The van der Waals surface area contributed by atoms with Gasteiger partial charge >= 0.3 is 0 Å². The van der Waals surface area contributed by atoms with E-state index in [2.05, 4.69) is 4.98 Å². The highest BCUT2D eigenvalue weighted by atomic mass is 35.5. The van der Waals surface area contributed by atoms with E-state index in [4.69, 9.17) is 11.6 Å². The number of nitrogens with zero attached hydrogens (tertiary/aromatic N) is 2. The van der Waals surface area contributed by atoms with Crippen LogP contribution in [0.2, 0.25) is 5.15 Å². The monoisotopic (exact) mass is 310 g/mol. The molecule has 1 aromatic heterocycles. The Morgan fingerprint density at radius 3 is 2.55 bits per heavy atom. The van der Waals surface area contributed by atoms with Gasteiger partial charge in [0.15, 0.2) is 0 Å². The largest absolute Gasteiger partial charge is 0.266 e. The number of benzene rings is 1. The molecule has 1 aromatic carbocycles. The summed E-state index contributed by atoms with van der Waals surface area (Å²) in [4.78, 5) is 3.95. The van der Waals surface area contributed by atoms with Crippen molar-refractivity contribution in [1.29, 1.82) is 0 Å². The second-order valence-corrected chi connectivity index (χ2v) is 6.52. The van der Waals surface area contributed by atoms with Crippen molar-refractivity contribution < 1.29 is 8.42 Å². The minimum absolute atomic E-state index is 0.141. The normalized spacial score (nSPS) is 11.3. The molecule has 106 valence electrons. The van der Waals surface area contributed by atoms with Crippen molar-refractivity contribution in [2.24, 2.45) is 0 Å². The van der Waals surface area contributed by atoms with Gasteiger partial charge in [-0.1, -0.05) is 29.8 Å². The molecule has 0 atom stereocenters. The first-order chi connectivity index (χ1) is 9.46. The van der Waals surface area contributed by atoms with Crippen LogP contribution in [0.5, 0.6) is 0 Å². The van der Waals surface area contributed by atoms with Gasteiger partial charge in [-0.3, -0.25) is 4.31 Å². The maximum atomic E-state index is 12.7.